The van der Waals surface area contributed by atoms with Crippen LogP contribution < -0.4 is 118 Å². The van der Waals surface area contributed by atoms with Crippen molar-refractivity contribution < 1.29 is 28.8 Å². The van der Waals surface area contributed by atoms with Gasteiger partial charge in [0.25, 0.3) is 0 Å². The van der Waals surface area contributed by atoms with Gasteiger partial charge in [-0.15, -0.1) is 0 Å². The predicted octanol–water partition coefficient (Wildman–Crippen LogP) is -10.6. The van der Waals surface area contributed by atoms with Crippen LogP contribution in [0.25, 0.3) is 0 Å². The van der Waals surface area contributed by atoms with Crippen LogP contribution in [0.2, 0.25) is 0 Å². The molecule has 6 atom stereocenters. The number of hydrogen-bond donors (Lipinski definition) is 21. The van der Waals surface area contributed by atoms with Crippen molar-refractivity contribution in [2.75, 3.05) is 78.5 Å². The molecule has 0 saturated heterocycles. The monoisotopic (exact) mass is 1080 g/mol. The number of nitrogens with zero attached hydrogens (tertiary/aromatic N) is 7. The van der Waals surface area contributed by atoms with Crippen LogP contribution >= 0.6 is 0 Å². The van der Waals surface area contributed by atoms with Crippen molar-refractivity contribution in [3.63, 3.8) is 0 Å². The molecule has 0 aromatic rings. The summed E-state index contributed by atoms with van der Waals surface area (Å²) in [5, 5.41) is 16.6. The van der Waals surface area contributed by atoms with E-state index in [1.807, 2.05) is 4.90 Å². The van der Waals surface area contributed by atoms with E-state index in [2.05, 4.69) is 61.9 Å². The first kappa shape index (κ1) is 68.3. The maximum absolute atomic E-state index is 13.7. The fourth-order valence-corrected chi connectivity index (χ4v) is 6.82. The molecule has 0 heterocycles. The number of hydrogen-bond acceptors (Lipinski definition) is 16. The molecule has 0 aliphatic carbocycles. The molecule has 0 aliphatic heterocycles. The van der Waals surface area contributed by atoms with E-state index in [9.17, 15) is 28.8 Å². The number of nitrogens with one attached hydrogen (secondary N) is 6. The molecule has 0 fully saturated rings. The van der Waals surface area contributed by atoms with Crippen LogP contribution in [-0.4, -0.2) is 191 Å². The molecule has 0 rings (SSSR count). The van der Waals surface area contributed by atoms with Crippen LogP contribution in [0.4, 0.5) is 0 Å². The Morgan fingerprint density at radius 3 is 0.711 bits per heavy atom. The molecular formula is C42H90N28O6. The third-order valence-corrected chi connectivity index (χ3v) is 10.8. The van der Waals surface area contributed by atoms with Gasteiger partial charge in [0.05, 0.1) is 18.1 Å². The first-order valence-electron chi connectivity index (χ1n) is 25.0. The molecule has 34 nitrogen and oxygen atoms in total. The van der Waals surface area contributed by atoms with Crippen molar-refractivity contribution in [2.45, 2.75) is 113 Å². The normalized spacial score (nSPS) is 13.1. The average molecular weight is 1080 g/mol. The van der Waals surface area contributed by atoms with Gasteiger partial charge in [-0.05, 0) is 77.0 Å². The smallest absolute Gasteiger partial charge is 0.242 e. The Bertz CT molecular complexity index is 1710. The highest BCUT2D eigenvalue weighted by molar-refractivity contribution is 5.91. The average Bonchev–Trinajstić information content (AvgIpc) is 3.34. The largest absolute Gasteiger partial charge is 0.370 e. The van der Waals surface area contributed by atoms with Crippen molar-refractivity contribution in [3.05, 3.63) is 0 Å². The number of amides is 6. The van der Waals surface area contributed by atoms with E-state index >= 15 is 0 Å². The minimum Gasteiger partial charge on any atom is -0.370 e. The summed E-state index contributed by atoms with van der Waals surface area (Å²) >= 11 is 0. The second-order valence-electron chi connectivity index (χ2n) is 17.4. The Balaban J connectivity index is 6.40. The molecule has 6 amide bonds. The van der Waals surface area contributed by atoms with E-state index in [0.29, 0.717) is 38.5 Å². The lowest BCUT2D eigenvalue weighted by atomic mass is 10.1. The van der Waals surface area contributed by atoms with Gasteiger partial charge in [0, 0.05) is 78.5 Å². The lowest BCUT2D eigenvalue weighted by Gasteiger charge is -2.26. The number of aliphatic imine (C=N–C) groups is 6. The van der Waals surface area contributed by atoms with Gasteiger partial charge in [0.1, 0.15) is 18.1 Å². The Labute approximate surface area is 443 Å². The summed E-state index contributed by atoms with van der Waals surface area (Å²) in [6.07, 6.45) is 3.32. The van der Waals surface area contributed by atoms with Gasteiger partial charge in [-0.25, -0.2) is 0 Å². The molecule has 0 aliphatic rings. The zero-order valence-corrected chi connectivity index (χ0v) is 43.7. The molecular weight excluding hydrogens is 993 g/mol. The molecule has 36 N–H and O–H groups in total. The van der Waals surface area contributed by atoms with Crippen molar-refractivity contribution in [1.29, 1.82) is 0 Å². The molecule has 0 aromatic heterocycles. The summed E-state index contributed by atoms with van der Waals surface area (Å²) in [6, 6.07) is -6.02. The second-order valence-corrected chi connectivity index (χ2v) is 17.4. The Morgan fingerprint density at radius 2 is 0.513 bits per heavy atom. The zero-order chi connectivity index (χ0) is 57.4. The zero-order valence-electron chi connectivity index (χ0n) is 43.7. The number of nitrogens with two attached hydrogens (primary N) is 15. The van der Waals surface area contributed by atoms with E-state index in [0.717, 1.165) is 0 Å². The fraction of sp³-hybridized carbons (Fsp3) is 0.714. The van der Waals surface area contributed by atoms with Crippen molar-refractivity contribution in [1.82, 2.24) is 36.8 Å². The van der Waals surface area contributed by atoms with Crippen LogP contribution in [0.5, 0.6) is 0 Å². The highest BCUT2D eigenvalue weighted by Crippen LogP contribution is 2.06. The predicted molar refractivity (Wildman–Crippen MR) is 295 cm³/mol. The van der Waals surface area contributed by atoms with Gasteiger partial charge < -0.3 is 118 Å². The van der Waals surface area contributed by atoms with E-state index < -0.39 is 71.7 Å². The molecule has 34 heteroatoms. The number of rotatable bonds is 42. The minimum atomic E-state index is -1.03. The lowest BCUT2D eigenvalue weighted by molar-refractivity contribution is -0.130. The van der Waals surface area contributed by atoms with Crippen molar-refractivity contribution in [3.8, 4) is 0 Å². The SMILES string of the molecule is NC(N)=NCCC[C@H](NC(=O)[C@@H](N)CCCN=C(N)N)C(=O)NCCN(CCNC(=O)[C@H](CCCN=C(N)N)NC(=O)[C@@H](N)CCCN=C(N)N)CCNC(=O)[C@H](CCCN=C(N)N)NC(=O)[C@@H](N)CCCN=C(N)N. The fourth-order valence-electron chi connectivity index (χ4n) is 6.82. The quantitative estimate of drug-likeness (QED) is 0.0153. The minimum absolute atomic E-state index is 0.0284. The lowest BCUT2D eigenvalue weighted by Crippen LogP contribution is -2.54. The second kappa shape index (κ2) is 40.6. The van der Waals surface area contributed by atoms with Crippen molar-refractivity contribution >= 4 is 71.2 Å². The molecule has 0 saturated carbocycles. The van der Waals surface area contributed by atoms with Gasteiger partial charge in [0.15, 0.2) is 35.8 Å². The molecule has 0 aromatic carbocycles. The Kier molecular flexibility index (Phi) is 36.5. The highest BCUT2D eigenvalue weighted by Gasteiger charge is 2.27. The third-order valence-electron chi connectivity index (χ3n) is 10.8. The number of guanidine groups is 6. The number of carbonyl (C=O) groups is 6. The Morgan fingerprint density at radius 1 is 0.316 bits per heavy atom. The van der Waals surface area contributed by atoms with Crippen molar-refractivity contribution in [2.24, 2.45) is 116 Å². The molecule has 76 heavy (non-hydrogen) atoms. The van der Waals surface area contributed by atoms with E-state index in [-0.39, 0.29) is 153 Å². The van der Waals surface area contributed by atoms with Crippen LogP contribution in [0.15, 0.2) is 30.0 Å². The maximum atomic E-state index is 13.7. The molecule has 434 valence electrons. The van der Waals surface area contributed by atoms with Crippen LogP contribution in [0.1, 0.15) is 77.0 Å². The van der Waals surface area contributed by atoms with E-state index in [1.54, 1.807) is 0 Å². The molecule has 0 spiro atoms. The first-order valence-corrected chi connectivity index (χ1v) is 25.0. The van der Waals surface area contributed by atoms with Gasteiger partial charge in [-0.2, -0.15) is 0 Å². The summed E-state index contributed by atoms with van der Waals surface area (Å²) in [7, 11) is 0. The summed E-state index contributed by atoms with van der Waals surface area (Å²) < 4.78 is 0. The van der Waals surface area contributed by atoms with E-state index in [1.165, 1.54) is 0 Å². The summed E-state index contributed by atoms with van der Waals surface area (Å²) in [4.78, 5) is 106. The topological polar surface area (TPSA) is 642 Å². The van der Waals surface area contributed by atoms with Crippen LogP contribution in [0, 0.1) is 0 Å². The number of carbonyl (C=O) groups excluding carboxylic acids is 6. The van der Waals surface area contributed by atoms with Gasteiger partial charge in [-0.3, -0.25) is 63.6 Å². The van der Waals surface area contributed by atoms with Gasteiger partial charge in [-0.1, -0.05) is 0 Å². The summed E-state index contributed by atoms with van der Waals surface area (Å²) in [5.74, 6) is -4.05. The van der Waals surface area contributed by atoms with Crippen LogP contribution in [0.3, 0.4) is 0 Å². The highest BCUT2D eigenvalue weighted by atomic mass is 16.2. The third kappa shape index (κ3) is 36.2. The van der Waals surface area contributed by atoms with Gasteiger partial charge in [0.2, 0.25) is 35.4 Å². The maximum Gasteiger partial charge on any atom is 0.242 e. The first-order chi connectivity index (χ1) is 35.9. The Hall–Kier alpha value is -7.72. The standard InChI is InChI=1S/C42H90N28O6/c43-25(7-1-13-61-37(46)47)31(71)67-28(10-4-16-64-40(52)53)34(74)58-19-22-70(23-20-59-35(75)29(11-5-17-65-41(54)55)68-32(72)26(44)8-2-14-62-38(48)49)24-21-60-36(76)30(12-6-18-66-42(56)57)69-33(73)27(45)9-3-15-63-39(50)51/h25-30H,1-24,43-45H2,(H,58,74)(H,59,75)(H,60,76)(H,67,71)(H,68,72)(H,69,73)(H4,46,47,61)(H4,48,49,62)(H4,50,51,63)(H4,52,53,64)(H4,54,55,65)(H4,56,57,66)/t25-,26-,27-,28-,29-,30-/m0/s1. The van der Waals surface area contributed by atoms with Crippen LogP contribution in [-0.2, 0) is 28.8 Å². The molecule has 0 radical (unpaired) electrons. The summed E-state index contributed by atoms with van der Waals surface area (Å²) in [5.41, 5.74) is 83.5. The van der Waals surface area contributed by atoms with E-state index in [4.69, 9.17) is 86.0 Å². The molecule has 0 unspecified atom stereocenters. The summed E-state index contributed by atoms with van der Waals surface area (Å²) in [6.45, 7) is 1.88. The molecule has 0 bridgehead atoms. The van der Waals surface area contributed by atoms with Gasteiger partial charge >= 0.3 is 0 Å².